The molecule has 1 saturated heterocycles. The summed E-state index contributed by atoms with van der Waals surface area (Å²) in [5.74, 6) is 1.23. The quantitative estimate of drug-likeness (QED) is 0.827. The van der Waals surface area contributed by atoms with Gasteiger partial charge in [0.1, 0.15) is 23.6 Å². The first-order chi connectivity index (χ1) is 13.1. The molecule has 1 unspecified atom stereocenters. The Bertz CT molecular complexity index is 865. The van der Waals surface area contributed by atoms with Crippen molar-refractivity contribution in [3.05, 3.63) is 59.7 Å². The summed E-state index contributed by atoms with van der Waals surface area (Å²) in [4.78, 5) is 26.9. The largest absolute Gasteiger partial charge is 0.497 e. The predicted octanol–water partition coefficient (Wildman–Crippen LogP) is 2.86. The zero-order chi connectivity index (χ0) is 18.9. The summed E-state index contributed by atoms with van der Waals surface area (Å²) in [5.41, 5.74) is 1.13. The second kappa shape index (κ2) is 6.95. The number of imide groups is 1. The van der Waals surface area contributed by atoms with Gasteiger partial charge in [0.2, 0.25) is 0 Å². The summed E-state index contributed by atoms with van der Waals surface area (Å²) < 4.78 is 10.8. The zero-order valence-electron chi connectivity index (χ0n) is 15.2. The summed E-state index contributed by atoms with van der Waals surface area (Å²) in [5, 5.41) is 2.95. The van der Waals surface area contributed by atoms with Crippen LogP contribution in [0.25, 0.3) is 0 Å². The Balaban J connectivity index is 1.46. The number of benzene rings is 2. The number of urea groups is 1. The molecule has 1 N–H and O–H groups in total. The lowest BCUT2D eigenvalue weighted by Gasteiger charge is -2.33. The van der Waals surface area contributed by atoms with Gasteiger partial charge in [0.25, 0.3) is 5.91 Å². The van der Waals surface area contributed by atoms with Crippen molar-refractivity contribution in [1.82, 2.24) is 10.2 Å². The van der Waals surface area contributed by atoms with E-state index in [1.54, 1.807) is 31.4 Å². The van der Waals surface area contributed by atoms with Crippen molar-refractivity contribution in [2.24, 2.45) is 0 Å². The number of rotatable bonds is 5. The van der Waals surface area contributed by atoms with Crippen molar-refractivity contribution >= 4 is 11.9 Å². The molecule has 1 heterocycles. The molecule has 3 amide bonds. The van der Waals surface area contributed by atoms with Crippen LogP contribution in [0.15, 0.2) is 48.5 Å². The number of methoxy groups -OCH3 is 1. The van der Waals surface area contributed by atoms with Crippen LogP contribution in [0.4, 0.5) is 4.79 Å². The Morgan fingerprint density at radius 2 is 1.81 bits per heavy atom. The maximum absolute atomic E-state index is 13.2. The van der Waals surface area contributed by atoms with E-state index in [4.69, 9.17) is 9.47 Å². The molecule has 6 heteroatoms. The van der Waals surface area contributed by atoms with Gasteiger partial charge in [0, 0.05) is 0 Å². The maximum Gasteiger partial charge on any atom is 0.325 e. The minimum Gasteiger partial charge on any atom is -0.497 e. The number of amides is 3. The molecular formula is C21H22N2O4. The van der Waals surface area contributed by atoms with E-state index in [9.17, 15) is 9.59 Å². The molecule has 0 bridgehead atoms. The molecule has 1 spiro atoms. The first-order valence-corrected chi connectivity index (χ1v) is 9.13. The van der Waals surface area contributed by atoms with Gasteiger partial charge in [-0.3, -0.25) is 9.69 Å². The maximum atomic E-state index is 13.2. The van der Waals surface area contributed by atoms with Crippen LogP contribution < -0.4 is 14.8 Å². The van der Waals surface area contributed by atoms with Crippen molar-refractivity contribution in [2.75, 3.05) is 20.3 Å². The fraction of sp³-hybridized carbons (Fsp3) is 0.333. The zero-order valence-corrected chi connectivity index (χ0v) is 15.2. The number of hydrogen-bond acceptors (Lipinski definition) is 4. The van der Waals surface area contributed by atoms with Crippen molar-refractivity contribution in [2.45, 2.75) is 24.8 Å². The standard InChI is InChI=1S/C21H22N2O4/c1-26-16-8-10-17(11-9-16)27-14-13-23-19(24)21(22-20(23)25)12-4-6-15-5-2-3-7-18(15)21/h2-3,5,7-11H,4,6,12-14H2,1H3,(H,22,25). The van der Waals surface area contributed by atoms with Crippen LogP contribution in [0.1, 0.15) is 24.0 Å². The van der Waals surface area contributed by atoms with Gasteiger partial charge in [-0.15, -0.1) is 0 Å². The summed E-state index contributed by atoms with van der Waals surface area (Å²) in [6.07, 6.45) is 2.44. The van der Waals surface area contributed by atoms with Crippen LogP contribution in [0.5, 0.6) is 11.5 Å². The average molecular weight is 366 g/mol. The monoisotopic (exact) mass is 366 g/mol. The van der Waals surface area contributed by atoms with Gasteiger partial charge in [-0.1, -0.05) is 24.3 Å². The summed E-state index contributed by atoms with van der Waals surface area (Å²) in [6, 6.07) is 14.7. The lowest BCUT2D eigenvalue weighted by atomic mass is 9.76. The fourth-order valence-corrected chi connectivity index (χ4v) is 3.94. The summed E-state index contributed by atoms with van der Waals surface area (Å²) in [6.45, 7) is 0.448. The number of aryl methyl sites for hydroxylation is 1. The first kappa shape index (κ1) is 17.4. The molecule has 1 aliphatic carbocycles. The van der Waals surface area contributed by atoms with Gasteiger partial charge in [-0.05, 0) is 54.7 Å². The topological polar surface area (TPSA) is 67.9 Å². The predicted molar refractivity (Wildman–Crippen MR) is 99.8 cm³/mol. The van der Waals surface area contributed by atoms with E-state index in [1.165, 1.54) is 4.90 Å². The van der Waals surface area contributed by atoms with E-state index < -0.39 is 5.54 Å². The lowest BCUT2D eigenvalue weighted by Crippen LogP contribution is -2.46. The molecule has 1 fully saturated rings. The van der Waals surface area contributed by atoms with E-state index in [-0.39, 0.29) is 25.1 Å². The van der Waals surface area contributed by atoms with Crippen molar-refractivity contribution < 1.29 is 19.1 Å². The van der Waals surface area contributed by atoms with Crippen LogP contribution in [0.3, 0.4) is 0 Å². The van der Waals surface area contributed by atoms with Gasteiger partial charge >= 0.3 is 6.03 Å². The van der Waals surface area contributed by atoms with Crippen molar-refractivity contribution in [1.29, 1.82) is 0 Å². The third-order valence-corrected chi connectivity index (χ3v) is 5.29. The molecule has 2 aliphatic rings. The second-order valence-electron chi connectivity index (χ2n) is 6.83. The number of carbonyl (C=O) groups is 2. The van der Waals surface area contributed by atoms with Crippen molar-refractivity contribution in [3.8, 4) is 11.5 Å². The highest BCUT2D eigenvalue weighted by atomic mass is 16.5. The van der Waals surface area contributed by atoms with Gasteiger partial charge < -0.3 is 14.8 Å². The number of ether oxygens (including phenoxy) is 2. The van der Waals surface area contributed by atoms with Crippen LogP contribution in [-0.4, -0.2) is 37.1 Å². The highest BCUT2D eigenvalue weighted by Gasteiger charge is 2.53. The van der Waals surface area contributed by atoms with E-state index >= 15 is 0 Å². The van der Waals surface area contributed by atoms with Gasteiger partial charge in [-0.25, -0.2) is 4.79 Å². The van der Waals surface area contributed by atoms with Crippen molar-refractivity contribution in [3.63, 3.8) is 0 Å². The molecule has 4 rings (SSSR count). The smallest absolute Gasteiger partial charge is 0.325 e. The third kappa shape index (κ3) is 3.01. The molecule has 0 aromatic heterocycles. The van der Waals surface area contributed by atoms with E-state index in [1.807, 2.05) is 24.3 Å². The highest BCUT2D eigenvalue weighted by molar-refractivity contribution is 6.07. The Morgan fingerprint density at radius 1 is 1.07 bits per heavy atom. The van der Waals surface area contributed by atoms with Crippen LogP contribution in [-0.2, 0) is 16.8 Å². The molecule has 140 valence electrons. The lowest BCUT2D eigenvalue weighted by molar-refractivity contribution is -0.132. The minimum atomic E-state index is -0.925. The summed E-state index contributed by atoms with van der Waals surface area (Å²) in [7, 11) is 1.60. The van der Waals surface area contributed by atoms with E-state index in [0.29, 0.717) is 12.2 Å². The molecule has 1 aliphatic heterocycles. The molecule has 0 radical (unpaired) electrons. The number of hydrogen-bond donors (Lipinski definition) is 1. The average Bonchev–Trinajstić information content (AvgIpc) is 2.93. The van der Waals surface area contributed by atoms with E-state index in [0.717, 1.165) is 29.7 Å². The Morgan fingerprint density at radius 3 is 2.59 bits per heavy atom. The Labute approximate surface area is 158 Å². The highest BCUT2D eigenvalue weighted by Crippen LogP contribution is 2.39. The Hall–Kier alpha value is -3.02. The number of nitrogens with one attached hydrogen (secondary N) is 1. The number of carbonyl (C=O) groups excluding carboxylic acids is 2. The molecule has 2 aromatic rings. The SMILES string of the molecule is COc1ccc(OCCN2C(=O)NC3(CCCc4ccccc43)C2=O)cc1. The van der Waals surface area contributed by atoms with Crippen LogP contribution in [0.2, 0.25) is 0 Å². The van der Waals surface area contributed by atoms with Gasteiger partial charge in [0.15, 0.2) is 0 Å². The molecular weight excluding hydrogens is 344 g/mol. The number of nitrogens with zero attached hydrogens (tertiary/aromatic N) is 1. The molecule has 27 heavy (non-hydrogen) atoms. The second-order valence-corrected chi connectivity index (χ2v) is 6.83. The van der Waals surface area contributed by atoms with Gasteiger partial charge in [0.05, 0.1) is 13.7 Å². The molecule has 1 atom stereocenters. The van der Waals surface area contributed by atoms with Crippen LogP contribution in [0, 0.1) is 0 Å². The molecule has 2 aromatic carbocycles. The van der Waals surface area contributed by atoms with E-state index in [2.05, 4.69) is 5.32 Å². The van der Waals surface area contributed by atoms with Crippen LogP contribution >= 0.6 is 0 Å². The summed E-state index contributed by atoms with van der Waals surface area (Å²) >= 11 is 0. The molecule has 0 saturated carbocycles. The third-order valence-electron chi connectivity index (χ3n) is 5.29. The fourth-order valence-electron chi connectivity index (χ4n) is 3.94. The first-order valence-electron chi connectivity index (χ1n) is 9.13. The molecule has 6 nitrogen and oxygen atoms in total. The Kier molecular flexibility index (Phi) is 4.48. The number of fused-ring (bicyclic) bond motifs is 2. The van der Waals surface area contributed by atoms with Gasteiger partial charge in [-0.2, -0.15) is 0 Å². The normalized spacial score (nSPS) is 21.1. The minimum absolute atomic E-state index is 0.182.